The Morgan fingerprint density at radius 3 is 2.65 bits per heavy atom. The number of hydrogen-bond donors (Lipinski definition) is 1. The van der Waals surface area contributed by atoms with E-state index in [-0.39, 0.29) is 11.9 Å². The average Bonchev–Trinajstić information content (AvgIpc) is 2.44. The van der Waals surface area contributed by atoms with Crippen LogP contribution in [0.1, 0.15) is 36.3 Å². The average molecular weight is 273 g/mol. The number of nitrogens with zero attached hydrogens (tertiary/aromatic N) is 2. The topological polar surface area (TPSA) is 37.8 Å². The summed E-state index contributed by atoms with van der Waals surface area (Å²) in [6.45, 7) is 4.96. The highest BCUT2D eigenvalue weighted by molar-refractivity contribution is 5.19. The Bertz CT molecular complexity index is 540. The quantitative estimate of drug-likeness (QED) is 0.878. The van der Waals surface area contributed by atoms with Crippen molar-refractivity contribution in [3.8, 4) is 0 Å². The van der Waals surface area contributed by atoms with E-state index in [9.17, 15) is 4.39 Å². The van der Waals surface area contributed by atoms with E-state index in [4.69, 9.17) is 0 Å². The molecule has 0 aliphatic carbocycles. The van der Waals surface area contributed by atoms with Crippen molar-refractivity contribution in [2.24, 2.45) is 0 Å². The van der Waals surface area contributed by atoms with Gasteiger partial charge >= 0.3 is 0 Å². The molecule has 106 valence electrons. The summed E-state index contributed by atoms with van der Waals surface area (Å²) in [5, 5.41) is 3.43. The minimum Gasteiger partial charge on any atom is -0.307 e. The second-order valence-electron chi connectivity index (χ2n) is 4.96. The van der Waals surface area contributed by atoms with Crippen molar-refractivity contribution in [1.29, 1.82) is 0 Å². The van der Waals surface area contributed by atoms with E-state index >= 15 is 0 Å². The summed E-state index contributed by atoms with van der Waals surface area (Å²) in [6, 6.07) is 6.70. The molecular formula is C16H20FN3. The Kier molecular flexibility index (Phi) is 5.18. The molecule has 0 aliphatic rings. The first-order valence-corrected chi connectivity index (χ1v) is 6.95. The molecule has 0 spiro atoms. The third-order valence-electron chi connectivity index (χ3n) is 3.08. The predicted octanol–water partition coefficient (Wildman–Crippen LogP) is 3.21. The van der Waals surface area contributed by atoms with Gasteiger partial charge in [0.2, 0.25) is 0 Å². The van der Waals surface area contributed by atoms with Gasteiger partial charge in [-0.2, -0.15) is 0 Å². The lowest BCUT2D eigenvalue weighted by molar-refractivity contribution is 0.502. The van der Waals surface area contributed by atoms with Crippen LogP contribution in [-0.4, -0.2) is 16.5 Å². The highest BCUT2D eigenvalue weighted by atomic mass is 19.1. The Morgan fingerprint density at radius 2 is 2.00 bits per heavy atom. The van der Waals surface area contributed by atoms with Gasteiger partial charge in [0.1, 0.15) is 11.6 Å². The number of aryl methyl sites for hydroxylation is 1. The van der Waals surface area contributed by atoms with Gasteiger partial charge in [0.05, 0.1) is 6.04 Å². The zero-order valence-corrected chi connectivity index (χ0v) is 11.9. The standard InChI is InChI=1S/C16H20FN3/c1-3-7-18-15(16-19-10-12(2)11-20-16)9-13-5-4-6-14(17)8-13/h4-6,8,10-11,15,18H,3,7,9H2,1-2H3. The number of hydrogen-bond acceptors (Lipinski definition) is 3. The van der Waals surface area contributed by atoms with Crippen LogP contribution in [0.3, 0.4) is 0 Å². The van der Waals surface area contributed by atoms with E-state index < -0.39 is 0 Å². The number of halogens is 1. The van der Waals surface area contributed by atoms with Gasteiger partial charge in [0.15, 0.2) is 0 Å². The molecule has 20 heavy (non-hydrogen) atoms. The molecule has 1 aromatic carbocycles. The van der Waals surface area contributed by atoms with Crippen molar-refractivity contribution in [1.82, 2.24) is 15.3 Å². The molecule has 0 saturated carbocycles. The molecular weight excluding hydrogens is 253 g/mol. The van der Waals surface area contributed by atoms with E-state index in [2.05, 4.69) is 22.2 Å². The third kappa shape index (κ3) is 4.10. The monoisotopic (exact) mass is 273 g/mol. The molecule has 2 rings (SSSR count). The second-order valence-corrected chi connectivity index (χ2v) is 4.96. The molecule has 0 saturated heterocycles. The molecule has 1 heterocycles. The molecule has 0 fully saturated rings. The van der Waals surface area contributed by atoms with Crippen LogP contribution in [0.15, 0.2) is 36.7 Å². The highest BCUT2D eigenvalue weighted by Gasteiger charge is 2.14. The SMILES string of the molecule is CCCNC(Cc1cccc(F)c1)c1ncc(C)cn1. The van der Waals surface area contributed by atoms with Crippen LogP contribution in [0.2, 0.25) is 0 Å². The summed E-state index contributed by atoms with van der Waals surface area (Å²) in [5.74, 6) is 0.551. The lowest BCUT2D eigenvalue weighted by Crippen LogP contribution is -2.26. The molecule has 1 N–H and O–H groups in total. The number of benzene rings is 1. The van der Waals surface area contributed by atoms with Gasteiger partial charge in [-0.3, -0.25) is 0 Å². The number of nitrogens with one attached hydrogen (secondary N) is 1. The van der Waals surface area contributed by atoms with Crippen molar-refractivity contribution in [3.05, 3.63) is 59.4 Å². The van der Waals surface area contributed by atoms with Crippen LogP contribution in [0.5, 0.6) is 0 Å². The summed E-state index contributed by atoms with van der Waals surface area (Å²) in [6.07, 6.45) is 5.34. The van der Waals surface area contributed by atoms with E-state index in [1.54, 1.807) is 12.1 Å². The fourth-order valence-electron chi connectivity index (χ4n) is 2.06. The summed E-state index contributed by atoms with van der Waals surface area (Å²) in [7, 11) is 0. The Hall–Kier alpha value is -1.81. The number of rotatable bonds is 6. The van der Waals surface area contributed by atoms with Crippen LogP contribution >= 0.6 is 0 Å². The van der Waals surface area contributed by atoms with Crippen molar-refractivity contribution in [3.63, 3.8) is 0 Å². The summed E-state index contributed by atoms with van der Waals surface area (Å²) < 4.78 is 13.3. The molecule has 0 radical (unpaired) electrons. The first-order chi connectivity index (χ1) is 9.69. The van der Waals surface area contributed by atoms with E-state index in [0.717, 1.165) is 29.9 Å². The molecule has 2 aromatic rings. The molecule has 1 unspecified atom stereocenters. The van der Waals surface area contributed by atoms with E-state index in [0.29, 0.717) is 6.42 Å². The van der Waals surface area contributed by atoms with E-state index in [1.807, 2.05) is 25.4 Å². The van der Waals surface area contributed by atoms with Crippen LogP contribution in [0, 0.1) is 12.7 Å². The third-order valence-corrected chi connectivity index (χ3v) is 3.08. The predicted molar refractivity (Wildman–Crippen MR) is 77.9 cm³/mol. The lowest BCUT2D eigenvalue weighted by Gasteiger charge is -2.17. The fourth-order valence-corrected chi connectivity index (χ4v) is 2.06. The van der Waals surface area contributed by atoms with Gasteiger partial charge in [0, 0.05) is 12.4 Å². The van der Waals surface area contributed by atoms with Gasteiger partial charge < -0.3 is 5.32 Å². The maximum Gasteiger partial charge on any atom is 0.145 e. The maximum absolute atomic E-state index is 13.3. The largest absolute Gasteiger partial charge is 0.307 e. The van der Waals surface area contributed by atoms with Gasteiger partial charge in [-0.05, 0) is 49.6 Å². The van der Waals surface area contributed by atoms with Crippen molar-refractivity contribution >= 4 is 0 Å². The maximum atomic E-state index is 13.3. The molecule has 1 aromatic heterocycles. The van der Waals surface area contributed by atoms with Crippen LogP contribution < -0.4 is 5.32 Å². The summed E-state index contributed by atoms with van der Waals surface area (Å²) >= 11 is 0. The lowest BCUT2D eigenvalue weighted by atomic mass is 10.0. The van der Waals surface area contributed by atoms with Crippen molar-refractivity contribution in [2.45, 2.75) is 32.7 Å². The number of aromatic nitrogens is 2. The zero-order chi connectivity index (χ0) is 14.4. The molecule has 1 atom stereocenters. The second kappa shape index (κ2) is 7.10. The van der Waals surface area contributed by atoms with E-state index in [1.165, 1.54) is 6.07 Å². The van der Waals surface area contributed by atoms with Gasteiger partial charge in [-0.1, -0.05) is 19.1 Å². The van der Waals surface area contributed by atoms with Crippen LogP contribution in [-0.2, 0) is 6.42 Å². The Morgan fingerprint density at radius 1 is 1.25 bits per heavy atom. The van der Waals surface area contributed by atoms with Gasteiger partial charge in [0.25, 0.3) is 0 Å². The minimum atomic E-state index is -0.207. The zero-order valence-electron chi connectivity index (χ0n) is 11.9. The van der Waals surface area contributed by atoms with Crippen molar-refractivity contribution < 1.29 is 4.39 Å². The Balaban J connectivity index is 2.16. The molecule has 0 amide bonds. The van der Waals surface area contributed by atoms with Gasteiger partial charge in [-0.15, -0.1) is 0 Å². The highest BCUT2D eigenvalue weighted by Crippen LogP contribution is 2.16. The fraction of sp³-hybridized carbons (Fsp3) is 0.375. The van der Waals surface area contributed by atoms with Gasteiger partial charge in [-0.25, -0.2) is 14.4 Å². The smallest absolute Gasteiger partial charge is 0.145 e. The van der Waals surface area contributed by atoms with Crippen molar-refractivity contribution in [2.75, 3.05) is 6.54 Å². The first-order valence-electron chi connectivity index (χ1n) is 6.95. The molecule has 3 nitrogen and oxygen atoms in total. The van der Waals surface area contributed by atoms with Crippen LogP contribution in [0.4, 0.5) is 4.39 Å². The molecule has 4 heteroatoms. The first kappa shape index (κ1) is 14.6. The molecule has 0 aliphatic heterocycles. The minimum absolute atomic E-state index is 0.0114. The summed E-state index contributed by atoms with van der Waals surface area (Å²) in [4.78, 5) is 8.77. The van der Waals surface area contributed by atoms with Crippen LogP contribution in [0.25, 0.3) is 0 Å². The Labute approximate surface area is 119 Å². The summed E-state index contributed by atoms with van der Waals surface area (Å²) in [5.41, 5.74) is 1.98. The normalized spacial score (nSPS) is 12.3. The molecule has 0 bridgehead atoms.